The van der Waals surface area contributed by atoms with Crippen molar-refractivity contribution in [1.82, 2.24) is 30.2 Å². The van der Waals surface area contributed by atoms with Crippen LogP contribution in [-0.4, -0.2) is 57.2 Å². The predicted octanol–water partition coefficient (Wildman–Crippen LogP) is 1.26. The molecule has 138 valence electrons. The highest BCUT2D eigenvalue weighted by atomic mass is 32.1. The number of aromatic nitrogens is 4. The van der Waals surface area contributed by atoms with Gasteiger partial charge in [0.05, 0.1) is 17.6 Å². The van der Waals surface area contributed by atoms with Gasteiger partial charge in [0, 0.05) is 50.9 Å². The van der Waals surface area contributed by atoms with Crippen LogP contribution in [0.25, 0.3) is 11.0 Å². The molecule has 0 aliphatic carbocycles. The highest BCUT2D eigenvalue weighted by Crippen LogP contribution is 2.22. The number of anilines is 3. The second-order valence-electron chi connectivity index (χ2n) is 6.67. The number of nitrogens with one attached hydrogen (secondary N) is 3. The number of rotatable bonds is 3. The first kappa shape index (κ1) is 16.4. The summed E-state index contributed by atoms with van der Waals surface area (Å²) in [6.07, 6.45) is 3.73. The third-order valence-electron chi connectivity index (χ3n) is 4.96. The molecule has 2 aliphatic rings. The number of piperazine rings is 1. The first-order chi connectivity index (χ1) is 13.3. The maximum Gasteiger partial charge on any atom is 0.230 e. The maximum atomic E-state index is 5.39. The third-order valence-corrected chi connectivity index (χ3v) is 5.31. The van der Waals surface area contributed by atoms with Gasteiger partial charge in [-0.15, -0.1) is 0 Å². The van der Waals surface area contributed by atoms with E-state index in [2.05, 4.69) is 46.4 Å². The Kier molecular flexibility index (Phi) is 4.10. The lowest BCUT2D eigenvalue weighted by molar-refractivity contribution is 0.589. The van der Waals surface area contributed by atoms with Crippen molar-refractivity contribution in [2.75, 3.05) is 42.9 Å². The van der Waals surface area contributed by atoms with Gasteiger partial charge in [0.25, 0.3) is 0 Å². The lowest BCUT2D eigenvalue weighted by atomic mass is 10.3. The molecule has 5 heterocycles. The Hall–Kier alpha value is -2.78. The monoisotopic (exact) mass is 380 g/mol. The summed E-state index contributed by atoms with van der Waals surface area (Å²) >= 11 is 5.39. The molecule has 0 saturated carbocycles. The minimum atomic E-state index is 0.537. The zero-order valence-electron chi connectivity index (χ0n) is 14.8. The Labute approximate surface area is 162 Å². The highest BCUT2D eigenvalue weighted by Gasteiger charge is 2.18. The van der Waals surface area contributed by atoms with E-state index in [0.29, 0.717) is 5.95 Å². The van der Waals surface area contributed by atoms with E-state index in [1.54, 1.807) is 0 Å². The Balaban J connectivity index is 1.38. The summed E-state index contributed by atoms with van der Waals surface area (Å²) in [5.41, 5.74) is 3.03. The largest absolute Gasteiger partial charge is 0.373 e. The van der Waals surface area contributed by atoms with Gasteiger partial charge in [-0.3, -0.25) is 0 Å². The van der Waals surface area contributed by atoms with E-state index in [1.807, 2.05) is 24.5 Å². The van der Waals surface area contributed by atoms with Gasteiger partial charge in [-0.05, 0) is 18.2 Å². The Morgan fingerprint density at radius 1 is 1.04 bits per heavy atom. The first-order valence-electron chi connectivity index (χ1n) is 9.11. The smallest absolute Gasteiger partial charge is 0.230 e. The van der Waals surface area contributed by atoms with Crippen molar-refractivity contribution >= 4 is 45.7 Å². The molecule has 0 bridgehead atoms. The van der Waals surface area contributed by atoms with Crippen LogP contribution < -0.4 is 20.9 Å². The minimum absolute atomic E-state index is 0.537. The molecule has 8 nitrogen and oxygen atoms in total. The molecular weight excluding hydrogens is 360 g/mol. The molecule has 0 amide bonds. The average Bonchev–Trinajstić information content (AvgIpc) is 3.09. The Morgan fingerprint density at radius 2 is 1.93 bits per heavy atom. The van der Waals surface area contributed by atoms with Crippen molar-refractivity contribution in [1.29, 1.82) is 0 Å². The van der Waals surface area contributed by atoms with Crippen molar-refractivity contribution in [2.45, 2.75) is 6.54 Å². The number of pyridine rings is 1. The van der Waals surface area contributed by atoms with Crippen LogP contribution in [0.15, 0.2) is 30.6 Å². The van der Waals surface area contributed by atoms with Gasteiger partial charge in [-0.25, -0.2) is 9.97 Å². The van der Waals surface area contributed by atoms with Crippen molar-refractivity contribution in [3.8, 4) is 0 Å². The summed E-state index contributed by atoms with van der Waals surface area (Å²) in [5, 5.41) is 10.8. The number of hydrogen-bond donors (Lipinski definition) is 3. The molecule has 0 atom stereocenters. The van der Waals surface area contributed by atoms with Crippen LogP contribution in [0.2, 0.25) is 0 Å². The van der Waals surface area contributed by atoms with E-state index in [1.165, 1.54) is 0 Å². The molecule has 0 aromatic carbocycles. The summed E-state index contributed by atoms with van der Waals surface area (Å²) in [7, 11) is 0. The predicted molar refractivity (Wildman–Crippen MR) is 110 cm³/mol. The van der Waals surface area contributed by atoms with E-state index in [4.69, 9.17) is 12.2 Å². The summed E-state index contributed by atoms with van der Waals surface area (Å²) in [5.74, 6) is 1.27. The molecule has 0 unspecified atom stereocenters. The fourth-order valence-electron chi connectivity index (χ4n) is 3.57. The maximum absolute atomic E-state index is 5.39. The molecule has 2 aliphatic heterocycles. The van der Waals surface area contributed by atoms with E-state index >= 15 is 0 Å². The molecule has 3 N–H and O–H groups in total. The quantitative estimate of drug-likeness (QED) is 0.586. The van der Waals surface area contributed by atoms with Crippen LogP contribution in [-0.2, 0) is 6.54 Å². The van der Waals surface area contributed by atoms with Gasteiger partial charge in [0.1, 0.15) is 16.5 Å². The highest BCUT2D eigenvalue weighted by molar-refractivity contribution is 7.80. The van der Waals surface area contributed by atoms with Crippen molar-refractivity contribution in [3.63, 3.8) is 0 Å². The van der Waals surface area contributed by atoms with Crippen LogP contribution in [0.4, 0.5) is 17.5 Å². The normalized spacial score (nSPS) is 16.9. The van der Waals surface area contributed by atoms with Crippen LogP contribution in [0.1, 0.15) is 5.69 Å². The molecule has 1 fully saturated rings. The molecular formula is C18H20N8S. The molecule has 9 heteroatoms. The van der Waals surface area contributed by atoms with Crippen LogP contribution >= 0.6 is 12.2 Å². The van der Waals surface area contributed by atoms with Crippen molar-refractivity contribution in [2.24, 2.45) is 0 Å². The van der Waals surface area contributed by atoms with Crippen molar-refractivity contribution < 1.29 is 0 Å². The van der Waals surface area contributed by atoms with Gasteiger partial charge in [0.15, 0.2) is 0 Å². The SMILES string of the molecule is S=C1NCCn2c1cc1cnc(Nc3ccc(N4CCNCC4)cn3)nc12. The van der Waals surface area contributed by atoms with Gasteiger partial charge in [-0.2, -0.15) is 4.98 Å². The van der Waals surface area contributed by atoms with E-state index in [-0.39, 0.29) is 0 Å². The second-order valence-corrected chi connectivity index (χ2v) is 7.08. The topological polar surface area (TPSA) is 82.9 Å². The van der Waals surface area contributed by atoms with Crippen LogP contribution in [0.5, 0.6) is 0 Å². The average molecular weight is 380 g/mol. The standard InChI is InChI=1S/C18H20N8S/c27-17-14-9-12-10-22-18(24-16(12)26(14)8-5-20-17)23-15-2-1-13(11-21-15)25-6-3-19-4-7-25/h1-2,9-11,19H,3-8H2,(H,20,27)(H,21,22,23,24). The molecule has 3 aromatic heterocycles. The summed E-state index contributed by atoms with van der Waals surface area (Å²) in [4.78, 5) is 16.7. The molecule has 0 spiro atoms. The third kappa shape index (κ3) is 3.08. The molecule has 5 rings (SSSR count). The summed E-state index contributed by atoms with van der Waals surface area (Å²) in [6.45, 7) is 5.68. The van der Waals surface area contributed by atoms with E-state index in [9.17, 15) is 0 Å². The van der Waals surface area contributed by atoms with Gasteiger partial charge in [0.2, 0.25) is 5.95 Å². The van der Waals surface area contributed by atoms with Gasteiger partial charge < -0.3 is 25.4 Å². The molecule has 0 radical (unpaired) electrons. The van der Waals surface area contributed by atoms with Crippen LogP contribution in [0.3, 0.4) is 0 Å². The fourth-order valence-corrected chi connectivity index (χ4v) is 3.84. The van der Waals surface area contributed by atoms with Crippen molar-refractivity contribution in [3.05, 3.63) is 36.3 Å². The lowest BCUT2D eigenvalue weighted by Gasteiger charge is -2.29. The Bertz CT molecular complexity index is 991. The fraction of sp³-hybridized carbons (Fsp3) is 0.333. The zero-order chi connectivity index (χ0) is 18.2. The molecule has 1 saturated heterocycles. The van der Waals surface area contributed by atoms with E-state index in [0.717, 1.165) is 72.5 Å². The zero-order valence-corrected chi connectivity index (χ0v) is 15.6. The Morgan fingerprint density at radius 3 is 2.74 bits per heavy atom. The molecule has 27 heavy (non-hydrogen) atoms. The molecule has 3 aromatic rings. The second kappa shape index (κ2) is 6.75. The van der Waals surface area contributed by atoms with Crippen LogP contribution in [0, 0.1) is 0 Å². The number of hydrogen-bond acceptors (Lipinski definition) is 7. The number of fused-ring (bicyclic) bond motifs is 3. The summed E-state index contributed by atoms with van der Waals surface area (Å²) < 4.78 is 2.14. The van der Waals surface area contributed by atoms with E-state index < -0.39 is 0 Å². The minimum Gasteiger partial charge on any atom is -0.373 e. The number of nitrogens with zero attached hydrogens (tertiary/aromatic N) is 5. The van der Waals surface area contributed by atoms with Gasteiger partial charge in [-0.1, -0.05) is 12.2 Å². The summed E-state index contributed by atoms with van der Waals surface area (Å²) in [6, 6.07) is 6.09. The van der Waals surface area contributed by atoms with Gasteiger partial charge >= 0.3 is 0 Å². The lowest BCUT2D eigenvalue weighted by Crippen LogP contribution is -2.43. The number of thiocarbonyl (C=S) groups is 1. The first-order valence-corrected chi connectivity index (χ1v) is 9.52.